The number of anilines is 2. The van der Waals surface area contributed by atoms with Crippen LogP contribution in [0.4, 0.5) is 16.2 Å². The van der Waals surface area contributed by atoms with Crippen molar-refractivity contribution in [3.63, 3.8) is 0 Å². The van der Waals surface area contributed by atoms with Crippen LogP contribution < -0.4 is 10.6 Å². The van der Waals surface area contributed by atoms with E-state index in [0.29, 0.717) is 30.9 Å². The summed E-state index contributed by atoms with van der Waals surface area (Å²) in [7, 11) is 0. The maximum Gasteiger partial charge on any atom is 0.410 e. The molecule has 124 valence electrons. The Morgan fingerprint density at radius 2 is 2.00 bits per heavy atom. The molecule has 1 heterocycles. The van der Waals surface area contributed by atoms with E-state index in [1.807, 2.05) is 32.9 Å². The zero-order valence-corrected chi connectivity index (χ0v) is 14.0. The Bertz CT molecular complexity index is 616. The van der Waals surface area contributed by atoms with Crippen molar-refractivity contribution in [2.75, 3.05) is 36.8 Å². The third-order valence-electron chi connectivity index (χ3n) is 3.67. The van der Waals surface area contributed by atoms with Crippen molar-refractivity contribution in [2.45, 2.75) is 32.8 Å². The second-order valence-corrected chi connectivity index (χ2v) is 6.69. The van der Waals surface area contributed by atoms with Crippen LogP contribution in [0.2, 0.25) is 0 Å². The molecule has 6 nitrogen and oxygen atoms in total. The van der Waals surface area contributed by atoms with Crippen LogP contribution in [-0.4, -0.2) is 42.8 Å². The van der Waals surface area contributed by atoms with Crippen molar-refractivity contribution in [1.82, 2.24) is 4.90 Å². The first-order valence-corrected chi connectivity index (χ1v) is 7.82. The van der Waals surface area contributed by atoms with E-state index in [4.69, 9.17) is 15.7 Å². The number of nitrogens with zero attached hydrogens (tertiary/aromatic N) is 3. The summed E-state index contributed by atoms with van der Waals surface area (Å²) in [6.45, 7) is 8.44. The van der Waals surface area contributed by atoms with Gasteiger partial charge in [-0.2, -0.15) is 5.26 Å². The summed E-state index contributed by atoms with van der Waals surface area (Å²) >= 11 is 0. The molecule has 0 radical (unpaired) electrons. The molecule has 1 amide bonds. The van der Waals surface area contributed by atoms with E-state index >= 15 is 0 Å². The quantitative estimate of drug-likeness (QED) is 0.805. The highest BCUT2D eigenvalue weighted by molar-refractivity contribution is 5.68. The molecule has 1 aliphatic heterocycles. The number of nitrogens with two attached hydrogens (primary N) is 1. The summed E-state index contributed by atoms with van der Waals surface area (Å²) in [5, 5.41) is 8.95. The molecule has 1 aromatic rings. The van der Waals surface area contributed by atoms with E-state index in [-0.39, 0.29) is 6.09 Å². The van der Waals surface area contributed by atoms with Gasteiger partial charge in [-0.25, -0.2) is 4.79 Å². The van der Waals surface area contributed by atoms with Crippen LogP contribution >= 0.6 is 0 Å². The number of carbonyl (C=O) groups excluding carboxylic acids is 1. The van der Waals surface area contributed by atoms with E-state index in [2.05, 4.69) is 11.0 Å². The fourth-order valence-corrected chi connectivity index (χ4v) is 2.53. The lowest BCUT2D eigenvalue weighted by Gasteiger charge is -2.27. The second kappa shape index (κ2) is 6.78. The van der Waals surface area contributed by atoms with Gasteiger partial charge in [0.15, 0.2) is 0 Å². The van der Waals surface area contributed by atoms with Gasteiger partial charge in [-0.1, -0.05) is 0 Å². The maximum absolute atomic E-state index is 12.2. The summed E-state index contributed by atoms with van der Waals surface area (Å²) < 4.78 is 5.44. The smallest absolute Gasteiger partial charge is 0.410 e. The highest BCUT2D eigenvalue weighted by Crippen LogP contribution is 2.22. The molecule has 0 unspecified atom stereocenters. The molecule has 0 aliphatic carbocycles. The summed E-state index contributed by atoms with van der Waals surface area (Å²) in [6, 6.07) is 7.53. The first kappa shape index (κ1) is 16.9. The van der Waals surface area contributed by atoms with Gasteiger partial charge in [-0.05, 0) is 45.4 Å². The standard InChI is InChI=1S/C17H24N4O2/c1-17(2,3)23-16(22)21-8-4-7-20(9-10-21)14-6-5-13(12-18)15(19)11-14/h5-6,11H,4,7-10,19H2,1-3H3. The van der Waals surface area contributed by atoms with E-state index in [0.717, 1.165) is 18.7 Å². The number of carbonyl (C=O) groups is 1. The average Bonchev–Trinajstić information content (AvgIpc) is 2.71. The first-order valence-electron chi connectivity index (χ1n) is 7.82. The van der Waals surface area contributed by atoms with Crippen LogP contribution in [-0.2, 0) is 4.74 Å². The highest BCUT2D eigenvalue weighted by Gasteiger charge is 2.24. The monoisotopic (exact) mass is 316 g/mol. The van der Waals surface area contributed by atoms with Gasteiger partial charge in [0.25, 0.3) is 0 Å². The molecular weight excluding hydrogens is 292 g/mol. The number of hydrogen-bond acceptors (Lipinski definition) is 5. The van der Waals surface area contributed by atoms with Gasteiger partial charge in [0.1, 0.15) is 11.7 Å². The molecule has 2 N–H and O–H groups in total. The normalized spacial score (nSPS) is 15.7. The SMILES string of the molecule is CC(C)(C)OC(=O)N1CCCN(c2ccc(C#N)c(N)c2)CC1. The van der Waals surface area contributed by atoms with Crippen LogP contribution in [0, 0.1) is 11.3 Å². The number of benzene rings is 1. The van der Waals surface area contributed by atoms with Gasteiger partial charge in [0.05, 0.1) is 11.3 Å². The molecule has 1 aromatic carbocycles. The van der Waals surface area contributed by atoms with E-state index in [9.17, 15) is 4.79 Å². The lowest BCUT2D eigenvalue weighted by Crippen LogP contribution is -2.39. The molecular formula is C17H24N4O2. The number of nitriles is 1. The topological polar surface area (TPSA) is 82.6 Å². The van der Waals surface area contributed by atoms with Crippen LogP contribution in [0.5, 0.6) is 0 Å². The number of amides is 1. The Balaban J connectivity index is 2.03. The molecule has 23 heavy (non-hydrogen) atoms. The molecule has 0 spiro atoms. The van der Waals surface area contributed by atoms with Crippen molar-refractivity contribution in [1.29, 1.82) is 5.26 Å². The zero-order chi connectivity index (χ0) is 17.0. The number of rotatable bonds is 1. The van der Waals surface area contributed by atoms with E-state index in [1.165, 1.54) is 0 Å². The maximum atomic E-state index is 12.2. The van der Waals surface area contributed by atoms with Crippen LogP contribution in [0.1, 0.15) is 32.8 Å². The number of hydrogen-bond donors (Lipinski definition) is 1. The third-order valence-corrected chi connectivity index (χ3v) is 3.67. The van der Waals surface area contributed by atoms with Crippen molar-refractivity contribution in [3.05, 3.63) is 23.8 Å². The molecule has 2 rings (SSSR count). The predicted molar refractivity (Wildman–Crippen MR) is 90.2 cm³/mol. The average molecular weight is 316 g/mol. The van der Waals surface area contributed by atoms with Crippen molar-refractivity contribution in [2.24, 2.45) is 0 Å². The largest absolute Gasteiger partial charge is 0.444 e. The van der Waals surface area contributed by atoms with Crippen molar-refractivity contribution < 1.29 is 9.53 Å². The van der Waals surface area contributed by atoms with Crippen molar-refractivity contribution in [3.8, 4) is 6.07 Å². The van der Waals surface area contributed by atoms with Crippen molar-refractivity contribution >= 4 is 17.5 Å². The minimum atomic E-state index is -0.481. The fourth-order valence-electron chi connectivity index (χ4n) is 2.53. The predicted octanol–water partition coefficient (Wildman–Crippen LogP) is 2.59. The molecule has 6 heteroatoms. The second-order valence-electron chi connectivity index (χ2n) is 6.69. The summed E-state index contributed by atoms with van der Waals surface area (Å²) in [5.41, 5.74) is 7.36. The molecule has 0 bridgehead atoms. The summed E-state index contributed by atoms with van der Waals surface area (Å²) in [4.78, 5) is 16.1. The molecule has 1 saturated heterocycles. The van der Waals surface area contributed by atoms with Gasteiger partial charge in [-0.15, -0.1) is 0 Å². The molecule has 0 aromatic heterocycles. The Hall–Kier alpha value is -2.42. The Labute approximate surface area is 137 Å². The van der Waals surface area contributed by atoms with Crippen LogP contribution in [0.15, 0.2) is 18.2 Å². The van der Waals surface area contributed by atoms with E-state index < -0.39 is 5.60 Å². The first-order chi connectivity index (χ1) is 10.8. The number of nitrogen functional groups attached to an aromatic ring is 1. The van der Waals surface area contributed by atoms with Gasteiger partial charge in [0, 0.05) is 31.9 Å². The fraction of sp³-hybridized carbons (Fsp3) is 0.529. The Kier molecular flexibility index (Phi) is 4.99. The van der Waals surface area contributed by atoms with Gasteiger partial charge in [0.2, 0.25) is 0 Å². The molecule has 0 atom stereocenters. The Morgan fingerprint density at radius 3 is 2.61 bits per heavy atom. The van der Waals surface area contributed by atoms with Gasteiger partial charge >= 0.3 is 6.09 Å². The highest BCUT2D eigenvalue weighted by atomic mass is 16.6. The third kappa shape index (κ3) is 4.52. The lowest BCUT2D eigenvalue weighted by molar-refractivity contribution is 0.0263. The zero-order valence-electron chi connectivity index (χ0n) is 14.0. The van der Waals surface area contributed by atoms with E-state index in [1.54, 1.807) is 11.0 Å². The Morgan fingerprint density at radius 1 is 1.26 bits per heavy atom. The van der Waals surface area contributed by atoms with Crippen LogP contribution in [0.25, 0.3) is 0 Å². The summed E-state index contributed by atoms with van der Waals surface area (Å²) in [6.07, 6.45) is 0.595. The number of ether oxygens (including phenoxy) is 1. The van der Waals surface area contributed by atoms with Gasteiger partial charge in [-0.3, -0.25) is 0 Å². The minimum Gasteiger partial charge on any atom is -0.444 e. The van der Waals surface area contributed by atoms with Gasteiger partial charge < -0.3 is 20.3 Å². The molecule has 1 aliphatic rings. The minimum absolute atomic E-state index is 0.265. The van der Waals surface area contributed by atoms with Crippen LogP contribution in [0.3, 0.4) is 0 Å². The molecule has 1 fully saturated rings. The lowest BCUT2D eigenvalue weighted by atomic mass is 10.1. The molecule has 0 saturated carbocycles. The summed E-state index contributed by atoms with van der Waals surface area (Å²) in [5.74, 6) is 0.